The molecule has 0 bridgehead atoms. The monoisotopic (exact) mass is 500 g/mol. The fourth-order valence-corrected chi connectivity index (χ4v) is 4.21. The van der Waals surface area contributed by atoms with E-state index in [4.69, 9.17) is 16.3 Å². The number of carbonyl (C=O) groups is 3. The third kappa shape index (κ3) is 6.94. The Labute approximate surface area is 198 Å². The van der Waals surface area contributed by atoms with Crippen LogP contribution in [-0.2, 0) is 14.3 Å². The highest BCUT2D eigenvalue weighted by molar-refractivity contribution is 7.18. The number of benzene rings is 1. The van der Waals surface area contributed by atoms with Crippen LogP contribution in [0.4, 0.5) is 20.2 Å². The maximum absolute atomic E-state index is 12.9. The minimum Gasteiger partial charge on any atom is -0.370 e. The Hall–Kier alpha value is -2.60. The average molecular weight is 501 g/mol. The van der Waals surface area contributed by atoms with Crippen molar-refractivity contribution in [3.63, 3.8) is 0 Å². The zero-order chi connectivity index (χ0) is 24.0. The second-order valence-corrected chi connectivity index (χ2v) is 9.01. The number of hydrogen-bond donors (Lipinski definition) is 2. The molecule has 1 atom stereocenters. The van der Waals surface area contributed by atoms with E-state index in [-0.39, 0.29) is 19.1 Å². The number of anilines is 2. The van der Waals surface area contributed by atoms with E-state index in [1.165, 1.54) is 11.9 Å². The van der Waals surface area contributed by atoms with Crippen molar-refractivity contribution in [2.75, 3.05) is 50.1 Å². The van der Waals surface area contributed by atoms with Crippen LogP contribution in [0.2, 0.25) is 4.34 Å². The molecule has 0 radical (unpaired) electrons. The number of rotatable bonds is 9. The molecule has 0 saturated carbocycles. The highest BCUT2D eigenvalue weighted by atomic mass is 35.5. The summed E-state index contributed by atoms with van der Waals surface area (Å²) in [6.45, 7) is 0.0621. The van der Waals surface area contributed by atoms with Crippen LogP contribution in [0.15, 0.2) is 36.4 Å². The Morgan fingerprint density at radius 1 is 1.24 bits per heavy atom. The summed E-state index contributed by atoms with van der Waals surface area (Å²) in [7, 11) is 1.39. The summed E-state index contributed by atoms with van der Waals surface area (Å²) in [4.78, 5) is 40.3. The first kappa shape index (κ1) is 25.0. The van der Waals surface area contributed by atoms with Crippen molar-refractivity contribution in [2.24, 2.45) is 0 Å². The first-order valence-corrected chi connectivity index (χ1v) is 11.2. The van der Waals surface area contributed by atoms with Crippen LogP contribution in [0, 0.1) is 0 Å². The number of carbonyl (C=O) groups excluding carboxylic acids is 3. The number of likely N-dealkylation sites (N-methyl/N-ethyl adjacent to an activating group) is 1. The molecule has 1 fully saturated rings. The van der Waals surface area contributed by atoms with Crippen LogP contribution in [0.3, 0.4) is 0 Å². The zero-order valence-electron chi connectivity index (χ0n) is 17.7. The molecule has 0 aliphatic carbocycles. The summed E-state index contributed by atoms with van der Waals surface area (Å²) >= 11 is 6.91. The van der Waals surface area contributed by atoms with Crippen LogP contribution in [-0.4, -0.2) is 75.0 Å². The quantitative estimate of drug-likeness (QED) is 0.552. The third-order valence-electron chi connectivity index (χ3n) is 4.95. The number of amides is 3. The normalized spacial score (nSPS) is 15.1. The Kier molecular flexibility index (Phi) is 8.73. The van der Waals surface area contributed by atoms with Crippen LogP contribution in [0.5, 0.6) is 0 Å². The minimum atomic E-state index is -2.65. The van der Waals surface area contributed by atoms with E-state index in [1.807, 2.05) is 0 Å². The van der Waals surface area contributed by atoms with Gasteiger partial charge in [-0.1, -0.05) is 11.6 Å². The van der Waals surface area contributed by atoms with Gasteiger partial charge in [0.25, 0.3) is 18.2 Å². The molecule has 178 valence electrons. The predicted molar refractivity (Wildman–Crippen MR) is 122 cm³/mol. The van der Waals surface area contributed by atoms with Crippen molar-refractivity contribution in [2.45, 2.75) is 12.5 Å². The van der Waals surface area contributed by atoms with E-state index >= 15 is 0 Å². The Balaban J connectivity index is 1.66. The zero-order valence-corrected chi connectivity index (χ0v) is 19.3. The van der Waals surface area contributed by atoms with Crippen molar-refractivity contribution >= 4 is 52.0 Å². The van der Waals surface area contributed by atoms with Gasteiger partial charge in [0.15, 0.2) is 0 Å². The molecule has 1 aliphatic heterocycles. The summed E-state index contributed by atoms with van der Waals surface area (Å²) in [5.41, 5.74) is 1.09. The van der Waals surface area contributed by atoms with E-state index in [2.05, 4.69) is 10.6 Å². The summed E-state index contributed by atoms with van der Waals surface area (Å²) in [6, 6.07) is 8.67. The van der Waals surface area contributed by atoms with E-state index in [0.29, 0.717) is 33.7 Å². The molecule has 2 heterocycles. The number of nitrogens with one attached hydrogen (secondary N) is 2. The SMILES string of the molecule is CN(CC(F)F)[C@H](CNC(=O)c1ccc(Cl)s1)C(=O)Nc1ccc(N2CCOCC2=O)cc1. The lowest BCUT2D eigenvalue weighted by molar-refractivity contribution is -0.125. The lowest BCUT2D eigenvalue weighted by atomic mass is 10.2. The lowest BCUT2D eigenvalue weighted by Gasteiger charge is -2.28. The van der Waals surface area contributed by atoms with Gasteiger partial charge in [-0.15, -0.1) is 11.3 Å². The number of thiophene rings is 1. The van der Waals surface area contributed by atoms with Gasteiger partial charge >= 0.3 is 0 Å². The Morgan fingerprint density at radius 3 is 2.58 bits per heavy atom. The lowest BCUT2D eigenvalue weighted by Crippen LogP contribution is -2.50. The van der Waals surface area contributed by atoms with E-state index in [0.717, 1.165) is 11.3 Å². The van der Waals surface area contributed by atoms with Gasteiger partial charge in [-0.3, -0.25) is 19.3 Å². The number of halogens is 3. The summed E-state index contributed by atoms with van der Waals surface area (Å²) in [5, 5.41) is 5.28. The molecule has 8 nitrogen and oxygen atoms in total. The molecule has 1 aliphatic rings. The van der Waals surface area contributed by atoms with Crippen molar-refractivity contribution < 1.29 is 27.9 Å². The van der Waals surface area contributed by atoms with Gasteiger partial charge < -0.3 is 20.3 Å². The minimum absolute atomic E-state index is 0.0139. The highest BCUT2D eigenvalue weighted by Crippen LogP contribution is 2.22. The predicted octanol–water partition coefficient (Wildman–Crippen LogP) is 2.70. The van der Waals surface area contributed by atoms with Crippen molar-refractivity contribution in [1.82, 2.24) is 10.2 Å². The molecular weight excluding hydrogens is 478 g/mol. The number of nitrogens with zero attached hydrogens (tertiary/aromatic N) is 2. The molecule has 1 aromatic heterocycles. The molecule has 0 unspecified atom stereocenters. The second-order valence-electron chi connectivity index (χ2n) is 7.29. The van der Waals surface area contributed by atoms with Crippen molar-refractivity contribution in [3.8, 4) is 0 Å². The number of alkyl halides is 2. The first-order chi connectivity index (χ1) is 15.7. The van der Waals surface area contributed by atoms with Gasteiger partial charge in [-0.25, -0.2) is 8.78 Å². The second kappa shape index (κ2) is 11.5. The molecule has 2 N–H and O–H groups in total. The smallest absolute Gasteiger partial charge is 0.261 e. The van der Waals surface area contributed by atoms with E-state index in [9.17, 15) is 23.2 Å². The number of ether oxygens (including phenoxy) is 1. The molecule has 2 aromatic rings. The van der Waals surface area contributed by atoms with E-state index < -0.39 is 30.8 Å². The van der Waals surface area contributed by atoms with Crippen LogP contribution in [0.1, 0.15) is 9.67 Å². The molecule has 1 aromatic carbocycles. The largest absolute Gasteiger partial charge is 0.370 e. The van der Waals surface area contributed by atoms with Crippen LogP contribution in [0.25, 0.3) is 0 Å². The van der Waals surface area contributed by atoms with Gasteiger partial charge in [0.1, 0.15) is 12.6 Å². The summed E-state index contributed by atoms with van der Waals surface area (Å²) in [5.74, 6) is -1.16. The molecule has 0 spiro atoms. The first-order valence-electron chi connectivity index (χ1n) is 10.1. The average Bonchev–Trinajstić information content (AvgIpc) is 3.21. The number of hydrogen-bond acceptors (Lipinski definition) is 6. The van der Waals surface area contributed by atoms with Crippen molar-refractivity contribution in [3.05, 3.63) is 45.6 Å². The molecule has 12 heteroatoms. The third-order valence-corrected chi connectivity index (χ3v) is 6.18. The van der Waals surface area contributed by atoms with Crippen molar-refractivity contribution in [1.29, 1.82) is 0 Å². The molecule has 1 saturated heterocycles. The topological polar surface area (TPSA) is 91.0 Å². The molecular formula is C21H23ClF2N4O4S. The van der Waals surface area contributed by atoms with Gasteiger partial charge in [-0.05, 0) is 43.4 Å². The summed E-state index contributed by atoms with van der Waals surface area (Å²) in [6.07, 6.45) is -2.65. The number of morpholine rings is 1. The Morgan fingerprint density at radius 2 is 1.97 bits per heavy atom. The fourth-order valence-electron chi connectivity index (χ4n) is 3.25. The molecule has 3 amide bonds. The fraction of sp³-hybridized carbons (Fsp3) is 0.381. The molecule has 3 rings (SSSR count). The maximum Gasteiger partial charge on any atom is 0.261 e. The van der Waals surface area contributed by atoms with Gasteiger partial charge in [0, 0.05) is 24.5 Å². The van der Waals surface area contributed by atoms with Gasteiger partial charge in [0.05, 0.1) is 22.4 Å². The Bertz CT molecular complexity index is 989. The highest BCUT2D eigenvalue weighted by Gasteiger charge is 2.27. The summed E-state index contributed by atoms with van der Waals surface area (Å²) < 4.78 is 31.4. The van der Waals surface area contributed by atoms with Crippen LogP contribution < -0.4 is 15.5 Å². The van der Waals surface area contributed by atoms with Gasteiger partial charge in [0.2, 0.25) is 5.91 Å². The van der Waals surface area contributed by atoms with E-state index in [1.54, 1.807) is 41.3 Å². The van der Waals surface area contributed by atoms with Crippen LogP contribution >= 0.6 is 22.9 Å². The molecule has 33 heavy (non-hydrogen) atoms. The van der Waals surface area contributed by atoms with Gasteiger partial charge in [-0.2, -0.15) is 0 Å². The maximum atomic E-state index is 12.9. The standard InChI is InChI=1S/C21H23ClF2N4O4S/c1-27(11-18(23)24)15(10-25-21(31)16-6-7-17(22)33-16)20(30)26-13-2-4-14(5-3-13)28-8-9-32-12-19(28)29/h2-7,15,18H,8-12H2,1H3,(H,25,31)(H,26,30)/t15-/m1/s1.